The number of amides is 1. The molecule has 31 heavy (non-hydrogen) atoms. The van der Waals surface area contributed by atoms with E-state index < -0.39 is 33.1 Å². The number of esters is 1. The van der Waals surface area contributed by atoms with Crippen molar-refractivity contribution in [2.45, 2.75) is 55.7 Å². The number of aryl methyl sites for hydroxylation is 2. The Balaban J connectivity index is 1.69. The lowest BCUT2D eigenvalue weighted by molar-refractivity contribution is -0.151. The zero-order valence-electron chi connectivity index (χ0n) is 17.6. The van der Waals surface area contributed by atoms with Gasteiger partial charge in [0.15, 0.2) is 21.2 Å². The highest BCUT2D eigenvalue weighted by atomic mass is 35.5. The van der Waals surface area contributed by atoms with Crippen molar-refractivity contribution in [2.75, 3.05) is 6.61 Å². The summed E-state index contributed by atoms with van der Waals surface area (Å²) < 4.78 is 30.4. The molecule has 1 aliphatic carbocycles. The van der Waals surface area contributed by atoms with Gasteiger partial charge in [-0.3, -0.25) is 9.59 Å². The van der Waals surface area contributed by atoms with Gasteiger partial charge < -0.3 is 10.1 Å². The van der Waals surface area contributed by atoms with Gasteiger partial charge in [-0.1, -0.05) is 42.6 Å². The first-order chi connectivity index (χ1) is 14.7. The molecule has 2 aromatic carbocycles. The molecule has 0 aromatic heterocycles. The van der Waals surface area contributed by atoms with Crippen LogP contribution in [-0.4, -0.2) is 31.6 Å². The minimum Gasteiger partial charge on any atom is -0.454 e. The fraction of sp³-hybridized carbons (Fsp3) is 0.391. The van der Waals surface area contributed by atoms with Crippen LogP contribution in [0.15, 0.2) is 47.4 Å². The van der Waals surface area contributed by atoms with Crippen LogP contribution in [0.25, 0.3) is 0 Å². The van der Waals surface area contributed by atoms with E-state index in [1.54, 1.807) is 36.4 Å². The summed E-state index contributed by atoms with van der Waals surface area (Å²) in [5, 5.41) is 3.25. The lowest BCUT2D eigenvalue weighted by Crippen LogP contribution is -2.46. The molecule has 1 aliphatic rings. The quantitative estimate of drug-likeness (QED) is 0.629. The molecule has 0 radical (unpaired) electrons. The lowest BCUT2D eigenvalue weighted by Gasteiger charge is -2.26. The summed E-state index contributed by atoms with van der Waals surface area (Å²) >= 11 is 5.84. The molecule has 3 rings (SSSR count). The number of carbonyl (C=O) groups is 2. The summed E-state index contributed by atoms with van der Waals surface area (Å²) in [6.07, 6.45) is 1.60. The van der Waals surface area contributed by atoms with E-state index in [1.807, 2.05) is 13.8 Å². The molecular formula is C23H26ClNO5S. The average Bonchev–Trinajstić information content (AvgIpc) is 3.25. The number of nitrogens with one attached hydrogen (secondary N) is 1. The number of benzene rings is 2. The third kappa shape index (κ3) is 4.93. The van der Waals surface area contributed by atoms with Crippen molar-refractivity contribution < 1.29 is 22.7 Å². The number of rotatable bonds is 7. The zero-order valence-corrected chi connectivity index (χ0v) is 19.2. The van der Waals surface area contributed by atoms with Crippen molar-refractivity contribution in [1.82, 2.24) is 5.32 Å². The highest BCUT2D eigenvalue weighted by Crippen LogP contribution is 2.41. The van der Waals surface area contributed by atoms with Crippen LogP contribution >= 0.6 is 11.6 Å². The van der Waals surface area contributed by atoms with Crippen molar-refractivity contribution >= 4 is 33.3 Å². The number of ether oxygens (including phenoxy) is 1. The van der Waals surface area contributed by atoms with E-state index in [4.69, 9.17) is 16.3 Å². The number of hydrogen-bond donors (Lipinski definition) is 1. The predicted octanol–water partition coefficient (Wildman–Crippen LogP) is 3.90. The Morgan fingerprint density at radius 2 is 1.68 bits per heavy atom. The Bertz CT molecular complexity index is 1070. The van der Waals surface area contributed by atoms with Crippen LogP contribution in [0.4, 0.5) is 0 Å². The second-order valence-electron chi connectivity index (χ2n) is 7.93. The molecule has 0 bridgehead atoms. The smallest absolute Gasteiger partial charge is 0.328 e. The fourth-order valence-electron chi connectivity index (χ4n) is 3.75. The van der Waals surface area contributed by atoms with Gasteiger partial charge in [0, 0.05) is 11.6 Å². The number of carbonyl (C=O) groups excluding carboxylic acids is 2. The molecule has 0 unspecified atom stereocenters. The Kier molecular flexibility index (Phi) is 7.06. The van der Waals surface area contributed by atoms with Crippen molar-refractivity contribution in [3.05, 3.63) is 64.2 Å². The lowest BCUT2D eigenvalue weighted by atomic mass is 10.1. The second kappa shape index (κ2) is 9.40. The van der Waals surface area contributed by atoms with Gasteiger partial charge in [-0.15, -0.1) is 0 Å². The third-order valence-electron chi connectivity index (χ3n) is 5.82. The molecule has 0 aliphatic heterocycles. The zero-order chi connectivity index (χ0) is 22.6. The maximum atomic E-state index is 13.4. The monoisotopic (exact) mass is 463 g/mol. The van der Waals surface area contributed by atoms with Crippen molar-refractivity contribution in [1.29, 1.82) is 0 Å². The van der Waals surface area contributed by atoms with Crippen LogP contribution in [0.3, 0.4) is 0 Å². The van der Waals surface area contributed by atoms with Gasteiger partial charge in [-0.05, 0) is 67.6 Å². The Labute approximate surface area is 187 Å². The summed E-state index contributed by atoms with van der Waals surface area (Å²) in [4.78, 5) is 25.2. The van der Waals surface area contributed by atoms with Gasteiger partial charge in [0.25, 0.3) is 5.91 Å². The summed E-state index contributed by atoms with van der Waals surface area (Å²) in [5.41, 5.74) is 2.65. The predicted molar refractivity (Wildman–Crippen MR) is 119 cm³/mol. The highest BCUT2D eigenvalue weighted by Gasteiger charge is 2.54. The molecule has 0 saturated heterocycles. The molecule has 2 aromatic rings. The van der Waals surface area contributed by atoms with E-state index in [9.17, 15) is 18.0 Å². The topological polar surface area (TPSA) is 89.5 Å². The van der Waals surface area contributed by atoms with Crippen LogP contribution in [0, 0.1) is 13.8 Å². The van der Waals surface area contributed by atoms with E-state index in [2.05, 4.69) is 5.32 Å². The largest absolute Gasteiger partial charge is 0.454 e. The van der Waals surface area contributed by atoms with Gasteiger partial charge in [0.1, 0.15) is 0 Å². The van der Waals surface area contributed by atoms with Gasteiger partial charge in [0.05, 0.1) is 4.90 Å². The van der Waals surface area contributed by atoms with E-state index in [1.165, 1.54) is 6.07 Å². The minimum absolute atomic E-state index is 0.113. The molecule has 1 saturated carbocycles. The van der Waals surface area contributed by atoms with Crippen molar-refractivity contribution in [3.63, 3.8) is 0 Å². The number of sulfone groups is 1. The van der Waals surface area contributed by atoms with E-state index in [-0.39, 0.29) is 24.3 Å². The molecular weight excluding hydrogens is 438 g/mol. The van der Waals surface area contributed by atoms with Gasteiger partial charge in [-0.2, -0.15) is 0 Å². The molecule has 0 spiro atoms. The number of hydrogen-bond acceptors (Lipinski definition) is 5. The summed E-state index contributed by atoms with van der Waals surface area (Å²) in [5.74, 6) is -1.36. The van der Waals surface area contributed by atoms with E-state index in [0.717, 1.165) is 16.7 Å². The van der Waals surface area contributed by atoms with E-state index >= 15 is 0 Å². The minimum atomic E-state index is -3.96. The number of halogens is 1. The van der Waals surface area contributed by atoms with Crippen LogP contribution in [0.1, 0.15) is 42.4 Å². The van der Waals surface area contributed by atoms with Gasteiger partial charge in [0.2, 0.25) is 0 Å². The molecule has 1 fully saturated rings. The van der Waals surface area contributed by atoms with Crippen LogP contribution < -0.4 is 5.32 Å². The fourth-order valence-corrected chi connectivity index (χ4v) is 6.01. The molecule has 8 heteroatoms. The Morgan fingerprint density at radius 3 is 2.29 bits per heavy atom. The molecule has 1 N–H and O–H groups in total. The molecule has 0 atom stereocenters. The third-order valence-corrected chi connectivity index (χ3v) is 8.55. The Morgan fingerprint density at radius 1 is 1.03 bits per heavy atom. The van der Waals surface area contributed by atoms with Gasteiger partial charge in [-0.25, -0.2) is 8.42 Å². The second-order valence-corrected chi connectivity index (χ2v) is 10.6. The van der Waals surface area contributed by atoms with Crippen molar-refractivity contribution in [2.24, 2.45) is 0 Å². The standard InChI is InChI=1S/C23H26ClNO5S/c1-16-5-10-20(13-17(16)2)31(28,29)23(11-3-4-12-23)22(27)30-15-21(26)25-14-18-6-8-19(24)9-7-18/h5-10,13H,3-4,11-12,14-15H2,1-2H3,(H,25,26). The van der Waals surface area contributed by atoms with Gasteiger partial charge >= 0.3 is 5.97 Å². The molecule has 166 valence electrons. The first-order valence-electron chi connectivity index (χ1n) is 10.2. The summed E-state index contributed by atoms with van der Waals surface area (Å²) in [6, 6.07) is 11.8. The first kappa shape index (κ1) is 23.3. The Hall–Kier alpha value is -2.38. The van der Waals surface area contributed by atoms with Crippen LogP contribution in [0.2, 0.25) is 5.02 Å². The molecule has 1 amide bonds. The maximum Gasteiger partial charge on any atom is 0.328 e. The van der Waals surface area contributed by atoms with Crippen LogP contribution in [0.5, 0.6) is 0 Å². The maximum absolute atomic E-state index is 13.4. The normalized spacial score (nSPS) is 15.5. The highest BCUT2D eigenvalue weighted by molar-refractivity contribution is 7.93. The van der Waals surface area contributed by atoms with Crippen molar-refractivity contribution in [3.8, 4) is 0 Å². The molecule has 0 heterocycles. The summed E-state index contributed by atoms with van der Waals surface area (Å²) in [6.45, 7) is 3.45. The summed E-state index contributed by atoms with van der Waals surface area (Å²) in [7, 11) is -3.96. The molecule has 6 nitrogen and oxygen atoms in total. The SMILES string of the molecule is Cc1ccc(S(=O)(=O)C2(C(=O)OCC(=O)NCc3ccc(Cl)cc3)CCCC2)cc1C. The average molecular weight is 464 g/mol. The van der Waals surface area contributed by atoms with E-state index in [0.29, 0.717) is 17.9 Å². The van der Waals surface area contributed by atoms with Crippen LogP contribution in [-0.2, 0) is 30.7 Å². The first-order valence-corrected chi connectivity index (χ1v) is 12.0.